The molecule has 3 aromatic rings. The van der Waals surface area contributed by atoms with Crippen molar-refractivity contribution in [1.82, 2.24) is 19.7 Å². The molecule has 2 aromatic heterocycles. The van der Waals surface area contributed by atoms with Crippen molar-refractivity contribution in [2.45, 2.75) is 5.16 Å². The molecule has 0 fully saturated rings. The summed E-state index contributed by atoms with van der Waals surface area (Å²) >= 11 is 1.22. The number of carbonyl (C=O) groups excluding carboxylic acids is 1. The van der Waals surface area contributed by atoms with E-state index in [2.05, 4.69) is 15.2 Å². The van der Waals surface area contributed by atoms with Crippen molar-refractivity contribution in [3.63, 3.8) is 0 Å². The van der Waals surface area contributed by atoms with Crippen LogP contribution in [0, 0.1) is 5.82 Å². The molecular weight excluding hydrogens is 303 g/mol. The molecule has 7 heteroatoms. The van der Waals surface area contributed by atoms with Gasteiger partial charge in [0.05, 0.1) is 17.0 Å². The van der Waals surface area contributed by atoms with Crippen LogP contribution in [0.4, 0.5) is 4.39 Å². The molecular formula is C15H13FN4OS. The second-order valence-electron chi connectivity index (χ2n) is 4.66. The van der Waals surface area contributed by atoms with Gasteiger partial charge >= 0.3 is 0 Å². The van der Waals surface area contributed by atoms with Crippen LogP contribution in [0.25, 0.3) is 11.4 Å². The van der Waals surface area contributed by atoms with Gasteiger partial charge in [-0.15, -0.1) is 5.10 Å². The van der Waals surface area contributed by atoms with Crippen molar-refractivity contribution in [2.24, 2.45) is 7.05 Å². The maximum Gasteiger partial charge on any atom is 0.209 e. The number of ketones is 1. The zero-order valence-electron chi connectivity index (χ0n) is 11.8. The maximum absolute atomic E-state index is 13.7. The molecule has 112 valence electrons. The highest BCUT2D eigenvalue weighted by Crippen LogP contribution is 2.22. The minimum Gasteiger partial charge on any atom is -0.348 e. The van der Waals surface area contributed by atoms with Crippen LogP contribution in [-0.2, 0) is 7.05 Å². The number of hydrogen-bond donors (Lipinski definition) is 1. The average Bonchev–Trinajstić information content (AvgIpc) is 3.14. The Morgan fingerprint density at radius 1 is 1.32 bits per heavy atom. The number of aromatic amines is 1. The second-order valence-corrected chi connectivity index (χ2v) is 5.61. The van der Waals surface area contributed by atoms with E-state index < -0.39 is 0 Å². The van der Waals surface area contributed by atoms with Crippen LogP contribution in [0.1, 0.15) is 10.5 Å². The monoisotopic (exact) mass is 316 g/mol. The number of nitrogens with zero attached hydrogens (tertiary/aromatic N) is 3. The van der Waals surface area contributed by atoms with Crippen LogP contribution in [0.3, 0.4) is 0 Å². The van der Waals surface area contributed by atoms with Crippen LogP contribution in [0.2, 0.25) is 0 Å². The van der Waals surface area contributed by atoms with Crippen LogP contribution >= 0.6 is 11.8 Å². The van der Waals surface area contributed by atoms with Crippen molar-refractivity contribution in [3.8, 4) is 11.4 Å². The number of rotatable bonds is 5. The topological polar surface area (TPSA) is 63.6 Å². The lowest BCUT2D eigenvalue weighted by Gasteiger charge is -2.00. The highest BCUT2D eigenvalue weighted by atomic mass is 32.2. The molecule has 22 heavy (non-hydrogen) atoms. The van der Waals surface area contributed by atoms with Gasteiger partial charge in [-0.2, -0.15) is 0 Å². The Morgan fingerprint density at radius 2 is 2.14 bits per heavy atom. The van der Waals surface area contributed by atoms with Crippen molar-refractivity contribution in [3.05, 3.63) is 54.1 Å². The Hall–Kier alpha value is -2.41. The van der Waals surface area contributed by atoms with Gasteiger partial charge in [-0.25, -0.2) is 9.37 Å². The molecule has 0 radical (unpaired) electrons. The molecule has 0 saturated heterocycles. The van der Waals surface area contributed by atoms with Crippen LogP contribution < -0.4 is 0 Å². The van der Waals surface area contributed by atoms with E-state index >= 15 is 0 Å². The fourth-order valence-electron chi connectivity index (χ4n) is 2.04. The van der Waals surface area contributed by atoms with Gasteiger partial charge in [-0.3, -0.25) is 9.89 Å². The van der Waals surface area contributed by atoms with Crippen LogP contribution in [0.5, 0.6) is 0 Å². The molecule has 2 heterocycles. The largest absolute Gasteiger partial charge is 0.348 e. The smallest absolute Gasteiger partial charge is 0.209 e. The number of thioether (sulfide) groups is 1. The molecule has 0 bridgehead atoms. The third-order valence-corrected chi connectivity index (χ3v) is 4.00. The van der Waals surface area contributed by atoms with E-state index in [-0.39, 0.29) is 17.4 Å². The van der Waals surface area contributed by atoms with Crippen LogP contribution in [0.15, 0.2) is 47.8 Å². The van der Waals surface area contributed by atoms with E-state index in [1.165, 1.54) is 17.8 Å². The summed E-state index contributed by atoms with van der Waals surface area (Å²) in [6.45, 7) is 0. The SMILES string of the molecule is Cn1cccc1C(=O)CSc1n[nH]c(-c2ccccc2F)n1. The summed E-state index contributed by atoms with van der Waals surface area (Å²) in [5.74, 6) is 0.212. The summed E-state index contributed by atoms with van der Waals surface area (Å²) in [5.41, 5.74) is 0.993. The van der Waals surface area contributed by atoms with Crippen molar-refractivity contribution < 1.29 is 9.18 Å². The number of aromatic nitrogens is 4. The van der Waals surface area contributed by atoms with Crippen molar-refractivity contribution >= 4 is 17.5 Å². The van der Waals surface area contributed by atoms with Gasteiger partial charge in [0.25, 0.3) is 0 Å². The minimum absolute atomic E-state index is 0.00487. The van der Waals surface area contributed by atoms with Gasteiger partial charge in [0.15, 0.2) is 11.6 Å². The zero-order valence-corrected chi connectivity index (χ0v) is 12.6. The first-order valence-electron chi connectivity index (χ1n) is 6.60. The molecule has 3 rings (SSSR count). The number of carbonyl (C=O) groups is 1. The van der Waals surface area contributed by atoms with Crippen molar-refractivity contribution in [1.29, 1.82) is 0 Å². The van der Waals surface area contributed by atoms with Gasteiger partial charge in [0.2, 0.25) is 5.16 Å². The van der Waals surface area contributed by atoms with E-state index in [0.717, 1.165) is 0 Å². The van der Waals surface area contributed by atoms with E-state index in [0.29, 0.717) is 22.2 Å². The summed E-state index contributed by atoms with van der Waals surface area (Å²) in [6, 6.07) is 9.92. The van der Waals surface area contributed by atoms with Gasteiger partial charge in [0.1, 0.15) is 5.82 Å². The van der Waals surface area contributed by atoms with E-state index in [1.807, 2.05) is 19.3 Å². The maximum atomic E-state index is 13.7. The lowest BCUT2D eigenvalue weighted by Crippen LogP contribution is -2.07. The first-order chi connectivity index (χ1) is 10.6. The molecule has 5 nitrogen and oxygen atoms in total. The normalized spacial score (nSPS) is 10.8. The Kier molecular flexibility index (Phi) is 4.06. The fourth-order valence-corrected chi connectivity index (χ4v) is 2.71. The standard InChI is InChI=1S/C15H13FN4OS/c1-20-8-4-7-12(20)13(21)9-22-15-17-14(18-19-15)10-5-2-3-6-11(10)16/h2-8H,9H2,1H3,(H,17,18,19). The molecule has 1 N–H and O–H groups in total. The Balaban J connectivity index is 1.69. The Bertz CT molecular complexity index is 811. The Morgan fingerprint density at radius 3 is 2.86 bits per heavy atom. The number of hydrogen-bond acceptors (Lipinski definition) is 4. The van der Waals surface area contributed by atoms with Gasteiger partial charge < -0.3 is 4.57 Å². The molecule has 0 atom stereocenters. The third-order valence-electron chi connectivity index (χ3n) is 3.16. The first kappa shape index (κ1) is 14.5. The number of halogens is 1. The number of Topliss-reactive ketones (excluding diaryl/α,β-unsaturated/α-hetero) is 1. The highest BCUT2D eigenvalue weighted by molar-refractivity contribution is 7.99. The predicted octanol–water partition coefficient (Wildman–Crippen LogP) is 2.92. The molecule has 0 aliphatic heterocycles. The quantitative estimate of drug-likeness (QED) is 0.581. The summed E-state index contributed by atoms with van der Waals surface area (Å²) < 4.78 is 15.4. The molecule has 0 spiro atoms. The number of benzene rings is 1. The molecule has 0 unspecified atom stereocenters. The molecule has 0 aliphatic carbocycles. The average molecular weight is 316 g/mol. The van der Waals surface area contributed by atoms with Gasteiger partial charge in [0, 0.05) is 13.2 Å². The molecule has 0 amide bonds. The summed E-state index contributed by atoms with van der Waals surface area (Å²) in [5, 5.41) is 7.12. The number of nitrogens with one attached hydrogen (secondary N) is 1. The molecule has 0 aliphatic rings. The van der Waals surface area contributed by atoms with Crippen molar-refractivity contribution in [2.75, 3.05) is 5.75 Å². The highest BCUT2D eigenvalue weighted by Gasteiger charge is 2.13. The Labute approximate surface area is 130 Å². The molecule has 0 saturated carbocycles. The second kappa shape index (κ2) is 6.15. The first-order valence-corrected chi connectivity index (χ1v) is 7.58. The van der Waals surface area contributed by atoms with Crippen LogP contribution in [-0.4, -0.2) is 31.3 Å². The van der Waals surface area contributed by atoms with Gasteiger partial charge in [-0.1, -0.05) is 23.9 Å². The summed E-state index contributed by atoms with van der Waals surface area (Å²) in [6.07, 6.45) is 1.82. The van der Waals surface area contributed by atoms with E-state index in [9.17, 15) is 9.18 Å². The third kappa shape index (κ3) is 2.94. The van der Waals surface area contributed by atoms with Gasteiger partial charge in [-0.05, 0) is 24.3 Å². The lowest BCUT2D eigenvalue weighted by atomic mass is 10.2. The number of aryl methyl sites for hydroxylation is 1. The predicted molar refractivity (Wildman–Crippen MR) is 82.2 cm³/mol. The number of H-pyrrole nitrogens is 1. The molecule has 1 aromatic carbocycles. The fraction of sp³-hybridized carbons (Fsp3) is 0.133. The zero-order chi connectivity index (χ0) is 15.5. The lowest BCUT2D eigenvalue weighted by molar-refractivity contribution is 0.101. The minimum atomic E-state index is -0.366. The van der Waals surface area contributed by atoms with E-state index in [4.69, 9.17) is 0 Å². The van der Waals surface area contributed by atoms with E-state index in [1.54, 1.807) is 28.8 Å². The summed E-state index contributed by atoms with van der Waals surface area (Å²) in [4.78, 5) is 16.3. The summed E-state index contributed by atoms with van der Waals surface area (Å²) in [7, 11) is 1.82.